The van der Waals surface area contributed by atoms with Crippen molar-refractivity contribution in [3.63, 3.8) is 0 Å². The molecule has 0 unspecified atom stereocenters. The van der Waals surface area contributed by atoms with Gasteiger partial charge in [0.15, 0.2) is 0 Å². The highest BCUT2D eigenvalue weighted by molar-refractivity contribution is 6.10. The number of fused-ring (bicyclic) bond motifs is 5. The molecule has 2 nitrogen and oxygen atoms in total. The molecular weight excluding hydrogens is 605 g/mol. The fraction of sp³-hybridized carbons (Fsp3) is 0.0417. The molecule has 0 fully saturated rings. The Balaban J connectivity index is 1.18. The third kappa shape index (κ3) is 5.23. The summed E-state index contributed by atoms with van der Waals surface area (Å²) in [6, 6.07) is 66.4. The lowest BCUT2D eigenvalue weighted by Gasteiger charge is -2.28. The number of hydrogen-bond acceptors (Lipinski definition) is 2. The Bertz CT molecular complexity index is 2470. The Morgan fingerprint density at radius 3 is 1.10 bits per heavy atom. The first kappa shape index (κ1) is 29.7. The zero-order valence-corrected chi connectivity index (χ0v) is 28.2. The third-order valence-corrected chi connectivity index (χ3v) is 9.92. The SMILES string of the molecule is Cc1ccc(N(c2ccc3c(ccc4cc(N(c5ccc(C)cc5)c5cccc6ccccc56)ccc43)c2)c2cccc3ccccc23)cc1. The molecule has 0 saturated heterocycles. The molecule has 238 valence electrons. The van der Waals surface area contributed by atoms with Crippen molar-refractivity contribution in [1.29, 1.82) is 0 Å². The molecule has 0 radical (unpaired) electrons. The van der Waals surface area contributed by atoms with E-state index in [0.717, 1.165) is 22.7 Å². The van der Waals surface area contributed by atoms with E-state index in [0.29, 0.717) is 0 Å². The monoisotopic (exact) mass is 640 g/mol. The molecule has 0 saturated carbocycles. The molecule has 0 aliphatic heterocycles. The van der Waals surface area contributed by atoms with Gasteiger partial charge in [-0.3, -0.25) is 0 Å². The second kappa shape index (κ2) is 12.3. The Morgan fingerprint density at radius 2 is 0.660 bits per heavy atom. The first-order valence-corrected chi connectivity index (χ1v) is 17.3. The van der Waals surface area contributed by atoms with Gasteiger partial charge in [0.1, 0.15) is 0 Å². The van der Waals surface area contributed by atoms with Crippen LogP contribution in [0.4, 0.5) is 34.1 Å². The van der Waals surface area contributed by atoms with E-state index >= 15 is 0 Å². The largest absolute Gasteiger partial charge is 0.310 e. The van der Waals surface area contributed by atoms with Crippen molar-refractivity contribution in [2.24, 2.45) is 0 Å². The van der Waals surface area contributed by atoms with Gasteiger partial charge in [-0.15, -0.1) is 0 Å². The lowest BCUT2D eigenvalue weighted by Crippen LogP contribution is -2.10. The molecule has 0 bridgehead atoms. The molecule has 0 aliphatic rings. The highest BCUT2D eigenvalue weighted by Crippen LogP contribution is 2.43. The van der Waals surface area contributed by atoms with Crippen LogP contribution in [0.5, 0.6) is 0 Å². The van der Waals surface area contributed by atoms with Crippen LogP contribution < -0.4 is 9.80 Å². The van der Waals surface area contributed by atoms with Crippen molar-refractivity contribution in [2.75, 3.05) is 9.80 Å². The van der Waals surface area contributed by atoms with Gasteiger partial charge in [-0.2, -0.15) is 0 Å². The Kier molecular flexibility index (Phi) is 7.29. The number of rotatable bonds is 6. The van der Waals surface area contributed by atoms with E-state index in [1.807, 2.05) is 0 Å². The number of nitrogens with zero attached hydrogens (tertiary/aromatic N) is 2. The van der Waals surface area contributed by atoms with E-state index in [1.54, 1.807) is 0 Å². The summed E-state index contributed by atoms with van der Waals surface area (Å²) in [4.78, 5) is 4.77. The number of benzene rings is 9. The maximum atomic E-state index is 2.39. The molecule has 9 rings (SSSR count). The molecule has 0 heterocycles. The molecular formula is C48H36N2. The molecule has 0 aliphatic carbocycles. The van der Waals surface area contributed by atoms with E-state index in [1.165, 1.54) is 65.6 Å². The van der Waals surface area contributed by atoms with Crippen LogP contribution in [0.15, 0.2) is 182 Å². The van der Waals surface area contributed by atoms with Crippen molar-refractivity contribution in [1.82, 2.24) is 0 Å². The number of aryl methyl sites for hydroxylation is 2. The van der Waals surface area contributed by atoms with Gasteiger partial charge in [0, 0.05) is 33.5 Å². The number of hydrogen-bond donors (Lipinski definition) is 0. The summed E-state index contributed by atoms with van der Waals surface area (Å²) < 4.78 is 0. The summed E-state index contributed by atoms with van der Waals surface area (Å²) in [6.07, 6.45) is 0. The lowest BCUT2D eigenvalue weighted by molar-refractivity contribution is 1.29. The van der Waals surface area contributed by atoms with Crippen LogP contribution in [0.3, 0.4) is 0 Å². The van der Waals surface area contributed by atoms with Crippen molar-refractivity contribution >= 4 is 77.2 Å². The van der Waals surface area contributed by atoms with Gasteiger partial charge < -0.3 is 9.80 Å². The molecule has 2 heteroatoms. The minimum Gasteiger partial charge on any atom is -0.310 e. The lowest BCUT2D eigenvalue weighted by atomic mass is 9.99. The standard InChI is InChI=1S/C48H36N2/c1-33-17-23-39(24-18-33)49(47-15-7-11-35-9-3-5-13-45(35)47)41-27-29-43-37(31-41)21-22-38-32-42(28-30-44(38)43)50(40-25-19-34(2)20-26-40)48-16-8-12-36-10-4-6-14-46(36)48/h3-32H,1-2H3. The van der Waals surface area contributed by atoms with Crippen molar-refractivity contribution in [3.05, 3.63) is 193 Å². The van der Waals surface area contributed by atoms with Crippen LogP contribution in [0.25, 0.3) is 43.1 Å². The minimum atomic E-state index is 1.13. The first-order valence-electron chi connectivity index (χ1n) is 17.3. The third-order valence-electron chi connectivity index (χ3n) is 9.92. The summed E-state index contributed by atoms with van der Waals surface area (Å²) in [5.74, 6) is 0. The van der Waals surface area contributed by atoms with Gasteiger partial charge in [0.25, 0.3) is 0 Å². The van der Waals surface area contributed by atoms with Gasteiger partial charge >= 0.3 is 0 Å². The quantitative estimate of drug-likeness (QED) is 0.167. The number of anilines is 6. The van der Waals surface area contributed by atoms with E-state index in [2.05, 4.69) is 206 Å². The van der Waals surface area contributed by atoms with Gasteiger partial charge in [0.05, 0.1) is 11.4 Å². The van der Waals surface area contributed by atoms with Crippen LogP contribution >= 0.6 is 0 Å². The maximum Gasteiger partial charge on any atom is 0.0540 e. The van der Waals surface area contributed by atoms with Gasteiger partial charge in [0.2, 0.25) is 0 Å². The molecule has 0 N–H and O–H groups in total. The van der Waals surface area contributed by atoms with Crippen LogP contribution in [0, 0.1) is 13.8 Å². The molecule has 9 aromatic rings. The summed E-state index contributed by atoms with van der Waals surface area (Å²) in [7, 11) is 0. The van der Waals surface area contributed by atoms with E-state index in [-0.39, 0.29) is 0 Å². The van der Waals surface area contributed by atoms with Crippen molar-refractivity contribution < 1.29 is 0 Å². The molecule has 50 heavy (non-hydrogen) atoms. The van der Waals surface area contributed by atoms with Gasteiger partial charge in [-0.1, -0.05) is 132 Å². The Morgan fingerprint density at radius 1 is 0.280 bits per heavy atom. The first-order chi connectivity index (χ1) is 24.6. The second-order valence-electron chi connectivity index (χ2n) is 13.2. The van der Waals surface area contributed by atoms with Crippen LogP contribution in [0.2, 0.25) is 0 Å². The Labute approximate surface area is 293 Å². The normalized spacial score (nSPS) is 11.4. The highest BCUT2D eigenvalue weighted by Gasteiger charge is 2.18. The summed E-state index contributed by atoms with van der Waals surface area (Å²) in [6.45, 7) is 4.28. The molecule has 0 spiro atoms. The topological polar surface area (TPSA) is 6.48 Å². The highest BCUT2D eigenvalue weighted by atomic mass is 15.1. The van der Waals surface area contributed by atoms with E-state index < -0.39 is 0 Å². The average molecular weight is 641 g/mol. The molecule has 9 aromatic carbocycles. The van der Waals surface area contributed by atoms with E-state index in [9.17, 15) is 0 Å². The summed E-state index contributed by atoms with van der Waals surface area (Å²) >= 11 is 0. The fourth-order valence-electron chi connectivity index (χ4n) is 7.37. The predicted octanol–water partition coefficient (Wildman–Crippen LogP) is 13.9. The van der Waals surface area contributed by atoms with E-state index in [4.69, 9.17) is 0 Å². The minimum absolute atomic E-state index is 1.13. The summed E-state index contributed by atoms with van der Waals surface area (Å²) in [5, 5.41) is 9.82. The average Bonchev–Trinajstić information content (AvgIpc) is 3.16. The molecule has 0 aromatic heterocycles. The second-order valence-corrected chi connectivity index (χ2v) is 13.2. The van der Waals surface area contributed by atoms with Gasteiger partial charge in [-0.25, -0.2) is 0 Å². The van der Waals surface area contributed by atoms with Crippen molar-refractivity contribution in [3.8, 4) is 0 Å². The van der Waals surface area contributed by atoms with Gasteiger partial charge in [-0.05, 0) is 107 Å². The van der Waals surface area contributed by atoms with Crippen LogP contribution in [0.1, 0.15) is 11.1 Å². The van der Waals surface area contributed by atoms with Crippen molar-refractivity contribution in [2.45, 2.75) is 13.8 Å². The van der Waals surface area contributed by atoms with Crippen LogP contribution in [-0.2, 0) is 0 Å². The van der Waals surface area contributed by atoms with Crippen LogP contribution in [-0.4, -0.2) is 0 Å². The zero-order valence-electron chi connectivity index (χ0n) is 28.2. The summed E-state index contributed by atoms with van der Waals surface area (Å²) in [5.41, 5.74) is 9.38. The Hall–Kier alpha value is -6.38. The predicted molar refractivity (Wildman–Crippen MR) is 215 cm³/mol. The molecule has 0 atom stereocenters. The smallest absolute Gasteiger partial charge is 0.0540 e. The fourth-order valence-corrected chi connectivity index (χ4v) is 7.37. The zero-order chi connectivity index (χ0) is 33.6. The molecule has 0 amide bonds. The maximum absolute atomic E-state index is 2.39.